The van der Waals surface area contributed by atoms with E-state index in [2.05, 4.69) is 10.2 Å². The summed E-state index contributed by atoms with van der Waals surface area (Å²) >= 11 is 12.8. The van der Waals surface area contributed by atoms with E-state index in [9.17, 15) is 9.59 Å². The maximum Gasteiger partial charge on any atom is 0.338 e. The zero-order chi connectivity index (χ0) is 23.8. The highest BCUT2D eigenvalue weighted by molar-refractivity contribution is 6.35. The molecule has 0 aliphatic carbocycles. The second kappa shape index (κ2) is 8.97. The number of benzene rings is 3. The van der Waals surface area contributed by atoms with Crippen LogP contribution in [0.4, 0.5) is 5.69 Å². The lowest BCUT2D eigenvalue weighted by atomic mass is 9.95. The maximum absolute atomic E-state index is 13.6. The summed E-state index contributed by atoms with van der Waals surface area (Å²) in [5.74, 6) is -0.663. The van der Waals surface area contributed by atoms with Crippen molar-refractivity contribution >= 4 is 40.8 Å². The van der Waals surface area contributed by atoms with Gasteiger partial charge in [-0.25, -0.2) is 4.79 Å². The summed E-state index contributed by atoms with van der Waals surface area (Å²) in [5.41, 5.74) is 4.40. The Labute approximate surface area is 206 Å². The van der Waals surface area contributed by atoms with E-state index >= 15 is 0 Å². The molecule has 1 unspecified atom stereocenters. The number of aromatic amines is 1. The third-order valence-electron chi connectivity index (χ3n) is 5.73. The van der Waals surface area contributed by atoms with Crippen molar-refractivity contribution in [3.8, 4) is 11.3 Å². The Kier molecular flexibility index (Phi) is 5.86. The molecule has 34 heavy (non-hydrogen) atoms. The predicted octanol–water partition coefficient (Wildman–Crippen LogP) is 6.31. The number of hydrogen-bond donors (Lipinski definition) is 1. The van der Waals surface area contributed by atoms with Crippen molar-refractivity contribution in [2.24, 2.45) is 0 Å². The lowest BCUT2D eigenvalue weighted by molar-refractivity contribution is 0.0526. The number of aromatic nitrogens is 2. The number of hydrogen-bond acceptors (Lipinski definition) is 4. The third kappa shape index (κ3) is 3.75. The highest BCUT2D eigenvalue weighted by Crippen LogP contribution is 2.47. The van der Waals surface area contributed by atoms with Gasteiger partial charge in [-0.3, -0.25) is 14.8 Å². The molecule has 1 aliphatic heterocycles. The molecule has 8 heteroatoms. The summed E-state index contributed by atoms with van der Waals surface area (Å²) in [7, 11) is 0. The van der Waals surface area contributed by atoms with E-state index in [-0.39, 0.29) is 12.5 Å². The first kappa shape index (κ1) is 22.2. The number of anilines is 1. The molecular weight excluding hydrogens is 473 g/mol. The first-order valence-electron chi connectivity index (χ1n) is 10.7. The summed E-state index contributed by atoms with van der Waals surface area (Å²) in [6.07, 6.45) is 0. The molecule has 5 rings (SSSR count). The van der Waals surface area contributed by atoms with Gasteiger partial charge in [-0.15, -0.1) is 0 Å². The number of rotatable bonds is 5. The Morgan fingerprint density at radius 3 is 2.47 bits per heavy atom. The van der Waals surface area contributed by atoms with Gasteiger partial charge < -0.3 is 4.74 Å². The maximum atomic E-state index is 13.6. The molecule has 0 radical (unpaired) electrons. The van der Waals surface area contributed by atoms with Gasteiger partial charge in [-0.1, -0.05) is 59.6 Å². The van der Waals surface area contributed by atoms with E-state index in [0.29, 0.717) is 38.2 Å². The summed E-state index contributed by atoms with van der Waals surface area (Å²) in [6, 6.07) is 21.1. The van der Waals surface area contributed by atoms with E-state index in [1.54, 1.807) is 48.2 Å². The standard InChI is InChI=1S/C26H19Cl2N3O3/c1-2-34-26(33)16-8-11-18(12-9-16)31-24(19-13-10-17(27)14-20(19)28)21-22(15-6-4-3-5-7-15)29-30-23(21)25(31)32/h3-14,24H,2H2,1H3,(H,29,30). The van der Waals surface area contributed by atoms with Crippen molar-refractivity contribution in [1.29, 1.82) is 0 Å². The van der Waals surface area contributed by atoms with Gasteiger partial charge in [0.2, 0.25) is 0 Å². The number of amides is 1. The zero-order valence-corrected chi connectivity index (χ0v) is 19.6. The van der Waals surface area contributed by atoms with Crippen LogP contribution in [0.1, 0.15) is 44.9 Å². The quantitative estimate of drug-likeness (QED) is 0.332. The Balaban J connectivity index is 1.66. The van der Waals surface area contributed by atoms with Crippen molar-refractivity contribution in [2.45, 2.75) is 13.0 Å². The van der Waals surface area contributed by atoms with Crippen LogP contribution in [0, 0.1) is 0 Å². The first-order chi connectivity index (χ1) is 16.5. The van der Waals surface area contributed by atoms with Crippen LogP contribution in [0.15, 0.2) is 72.8 Å². The van der Waals surface area contributed by atoms with Crippen molar-refractivity contribution in [3.05, 3.63) is 105 Å². The van der Waals surface area contributed by atoms with E-state index in [0.717, 1.165) is 11.1 Å². The van der Waals surface area contributed by atoms with E-state index < -0.39 is 12.0 Å². The molecule has 1 atom stereocenters. The lowest BCUT2D eigenvalue weighted by Crippen LogP contribution is -2.29. The molecule has 2 heterocycles. The van der Waals surface area contributed by atoms with Crippen molar-refractivity contribution < 1.29 is 14.3 Å². The fraction of sp³-hybridized carbons (Fsp3) is 0.115. The van der Waals surface area contributed by atoms with Gasteiger partial charge in [0.05, 0.1) is 23.9 Å². The largest absolute Gasteiger partial charge is 0.462 e. The lowest BCUT2D eigenvalue weighted by Gasteiger charge is -2.27. The Hall–Kier alpha value is -3.61. The summed E-state index contributed by atoms with van der Waals surface area (Å²) < 4.78 is 5.07. The predicted molar refractivity (Wildman–Crippen MR) is 132 cm³/mol. The smallest absolute Gasteiger partial charge is 0.338 e. The summed E-state index contributed by atoms with van der Waals surface area (Å²) in [5, 5.41) is 8.33. The fourth-order valence-corrected chi connectivity index (χ4v) is 4.73. The van der Waals surface area contributed by atoms with Crippen LogP contribution in [-0.2, 0) is 4.74 Å². The number of carbonyl (C=O) groups excluding carboxylic acids is 2. The number of H-pyrrole nitrogens is 1. The normalized spacial score (nSPS) is 14.9. The molecule has 1 aliphatic rings. The number of nitrogens with one attached hydrogen (secondary N) is 1. The van der Waals surface area contributed by atoms with Crippen molar-refractivity contribution in [1.82, 2.24) is 10.2 Å². The molecule has 1 amide bonds. The van der Waals surface area contributed by atoms with Crippen LogP contribution in [0.2, 0.25) is 10.0 Å². The minimum absolute atomic E-state index is 0.246. The minimum Gasteiger partial charge on any atom is -0.462 e. The van der Waals surface area contributed by atoms with Crippen LogP contribution < -0.4 is 4.90 Å². The first-order valence-corrected chi connectivity index (χ1v) is 11.4. The highest BCUT2D eigenvalue weighted by atomic mass is 35.5. The van der Waals surface area contributed by atoms with Gasteiger partial charge >= 0.3 is 5.97 Å². The number of halogens is 2. The molecule has 0 saturated carbocycles. The van der Waals surface area contributed by atoms with Crippen LogP contribution in [0.3, 0.4) is 0 Å². The molecular formula is C26H19Cl2N3O3. The molecule has 1 aromatic heterocycles. The molecule has 6 nitrogen and oxygen atoms in total. The summed E-state index contributed by atoms with van der Waals surface area (Å²) in [6.45, 7) is 2.04. The Morgan fingerprint density at radius 2 is 1.79 bits per heavy atom. The zero-order valence-electron chi connectivity index (χ0n) is 18.1. The Bertz CT molecular complexity index is 1380. The van der Waals surface area contributed by atoms with Gasteiger partial charge in [-0.05, 0) is 48.9 Å². The van der Waals surface area contributed by atoms with Crippen molar-refractivity contribution in [3.63, 3.8) is 0 Å². The fourth-order valence-electron chi connectivity index (χ4n) is 4.22. The van der Waals surface area contributed by atoms with Crippen LogP contribution in [0.25, 0.3) is 11.3 Å². The van der Waals surface area contributed by atoms with Gasteiger partial charge in [0.25, 0.3) is 5.91 Å². The van der Waals surface area contributed by atoms with E-state index in [1.165, 1.54) is 0 Å². The number of fused-ring (bicyclic) bond motifs is 1. The van der Waals surface area contributed by atoms with Gasteiger partial charge in [0.15, 0.2) is 0 Å². The van der Waals surface area contributed by atoms with Gasteiger partial charge in [-0.2, -0.15) is 5.10 Å². The SMILES string of the molecule is CCOC(=O)c1ccc(N2C(=O)c3[nH]nc(-c4ccccc4)c3C2c2ccc(Cl)cc2Cl)cc1. The van der Waals surface area contributed by atoms with Gasteiger partial charge in [0, 0.05) is 26.9 Å². The molecule has 3 aromatic carbocycles. The third-order valence-corrected chi connectivity index (χ3v) is 6.29. The second-order valence-corrected chi connectivity index (χ2v) is 8.58. The monoisotopic (exact) mass is 491 g/mol. The highest BCUT2D eigenvalue weighted by Gasteiger charge is 2.43. The Morgan fingerprint density at radius 1 is 1.06 bits per heavy atom. The van der Waals surface area contributed by atoms with Gasteiger partial charge in [0.1, 0.15) is 5.69 Å². The van der Waals surface area contributed by atoms with E-state index in [1.807, 2.05) is 36.4 Å². The molecule has 1 N–H and O–H groups in total. The molecule has 0 fully saturated rings. The van der Waals surface area contributed by atoms with Crippen LogP contribution >= 0.6 is 23.2 Å². The molecule has 4 aromatic rings. The molecule has 0 saturated heterocycles. The molecule has 170 valence electrons. The minimum atomic E-state index is -0.547. The average Bonchev–Trinajstić information content (AvgIpc) is 3.39. The second-order valence-electron chi connectivity index (χ2n) is 7.74. The van der Waals surface area contributed by atoms with Crippen LogP contribution in [-0.4, -0.2) is 28.7 Å². The number of carbonyl (C=O) groups is 2. The van der Waals surface area contributed by atoms with Crippen molar-refractivity contribution in [2.75, 3.05) is 11.5 Å². The summed E-state index contributed by atoms with van der Waals surface area (Å²) in [4.78, 5) is 27.4. The topological polar surface area (TPSA) is 75.3 Å². The average molecular weight is 492 g/mol. The van der Waals surface area contributed by atoms with E-state index in [4.69, 9.17) is 27.9 Å². The number of ether oxygens (including phenoxy) is 1. The molecule has 0 spiro atoms. The van der Waals surface area contributed by atoms with Crippen LogP contribution in [0.5, 0.6) is 0 Å². The molecule has 0 bridgehead atoms. The number of esters is 1. The number of nitrogens with zero attached hydrogens (tertiary/aromatic N) is 2.